The van der Waals surface area contributed by atoms with Crippen molar-refractivity contribution in [3.05, 3.63) is 60.9 Å². The van der Waals surface area contributed by atoms with Crippen molar-refractivity contribution in [2.75, 3.05) is 17.3 Å². The zero-order valence-electron chi connectivity index (χ0n) is 19.2. The highest BCUT2D eigenvalue weighted by atomic mass is 16.5. The minimum atomic E-state index is -0.246. The average Bonchev–Trinajstić information content (AvgIpc) is 3.31. The van der Waals surface area contributed by atoms with E-state index in [1.165, 1.54) is 12.7 Å². The van der Waals surface area contributed by atoms with Crippen LogP contribution in [0.3, 0.4) is 0 Å². The summed E-state index contributed by atoms with van der Waals surface area (Å²) in [5, 5.41) is 17.1. The van der Waals surface area contributed by atoms with Gasteiger partial charge < -0.3 is 20.1 Å². The first kappa shape index (κ1) is 21.2. The number of fused-ring (bicyclic) bond motifs is 2. The number of rotatable bonds is 6. The first-order valence-corrected chi connectivity index (χ1v) is 11.3. The predicted molar refractivity (Wildman–Crippen MR) is 130 cm³/mol. The minimum absolute atomic E-state index is 0.226. The number of aryl methyl sites for hydroxylation is 1. The lowest BCUT2D eigenvalue weighted by Gasteiger charge is -2.38. The smallest absolute Gasteiger partial charge is 0.226 e. The molecule has 1 saturated carbocycles. The summed E-state index contributed by atoms with van der Waals surface area (Å²) in [7, 11) is 1.94. The third kappa shape index (κ3) is 4.06. The Hall–Kier alpha value is -4.38. The van der Waals surface area contributed by atoms with Gasteiger partial charge in [-0.05, 0) is 49.6 Å². The van der Waals surface area contributed by atoms with Crippen LogP contribution < -0.4 is 15.0 Å². The average molecular weight is 470 g/mol. The number of nitrogens with zero attached hydrogens (tertiary/aromatic N) is 8. The molecule has 1 fully saturated rings. The van der Waals surface area contributed by atoms with Crippen LogP contribution >= 0.6 is 0 Å². The van der Waals surface area contributed by atoms with Gasteiger partial charge in [0.25, 0.3) is 0 Å². The van der Waals surface area contributed by atoms with E-state index in [1.54, 1.807) is 10.7 Å². The van der Waals surface area contributed by atoms with Crippen molar-refractivity contribution >= 4 is 34.1 Å². The second-order valence-electron chi connectivity index (χ2n) is 8.65. The number of aromatic nitrogens is 7. The van der Waals surface area contributed by atoms with Crippen LogP contribution in [0.1, 0.15) is 18.4 Å². The van der Waals surface area contributed by atoms with Gasteiger partial charge in [0.1, 0.15) is 35.2 Å². The molecule has 4 heterocycles. The molecule has 0 atom stereocenters. The Balaban J connectivity index is 1.24. The molecule has 1 aromatic carbocycles. The quantitative estimate of drug-likeness (QED) is 0.382. The Kier molecular flexibility index (Phi) is 5.10. The number of anilines is 3. The van der Waals surface area contributed by atoms with Gasteiger partial charge in [-0.15, -0.1) is 0 Å². The molecule has 35 heavy (non-hydrogen) atoms. The van der Waals surface area contributed by atoms with E-state index in [4.69, 9.17) is 9.72 Å². The van der Waals surface area contributed by atoms with E-state index in [0.29, 0.717) is 28.5 Å². The maximum atomic E-state index is 9.64. The van der Waals surface area contributed by atoms with Crippen molar-refractivity contribution in [1.82, 2.24) is 34.5 Å². The molecule has 0 aliphatic heterocycles. The normalized spacial score (nSPS) is 17.3. The van der Waals surface area contributed by atoms with Gasteiger partial charge in [-0.25, -0.2) is 29.4 Å². The molecule has 2 N–H and O–H groups in total. The van der Waals surface area contributed by atoms with E-state index in [1.807, 2.05) is 55.4 Å². The lowest BCUT2D eigenvalue weighted by atomic mass is 9.88. The van der Waals surface area contributed by atoms with Crippen molar-refractivity contribution < 1.29 is 9.84 Å². The van der Waals surface area contributed by atoms with Crippen LogP contribution in [0.4, 0.5) is 17.5 Å². The fourth-order valence-electron chi connectivity index (χ4n) is 4.11. The maximum absolute atomic E-state index is 9.64. The molecular weight excluding hydrogens is 446 g/mol. The molecule has 0 unspecified atom stereocenters. The summed E-state index contributed by atoms with van der Waals surface area (Å²) >= 11 is 0. The molecule has 0 spiro atoms. The number of aliphatic hydroxyl groups excluding tert-OH is 1. The van der Waals surface area contributed by atoms with E-state index in [0.717, 1.165) is 35.5 Å². The second kappa shape index (κ2) is 8.44. The summed E-state index contributed by atoms with van der Waals surface area (Å²) in [6, 6.07) is 9.73. The summed E-state index contributed by atoms with van der Waals surface area (Å²) < 4.78 is 7.75. The minimum Gasteiger partial charge on any atom is -0.457 e. The van der Waals surface area contributed by atoms with E-state index < -0.39 is 0 Å². The Morgan fingerprint density at radius 2 is 1.97 bits per heavy atom. The van der Waals surface area contributed by atoms with Crippen LogP contribution in [-0.4, -0.2) is 58.8 Å². The number of ether oxygens (including phenoxy) is 1. The Bertz CT molecular complexity index is 1530. The van der Waals surface area contributed by atoms with Gasteiger partial charge >= 0.3 is 0 Å². The van der Waals surface area contributed by atoms with Gasteiger partial charge in [-0.2, -0.15) is 5.10 Å². The largest absolute Gasteiger partial charge is 0.457 e. The number of pyridine rings is 1. The van der Waals surface area contributed by atoms with Crippen LogP contribution in [0.25, 0.3) is 16.7 Å². The summed E-state index contributed by atoms with van der Waals surface area (Å²) in [6.07, 6.45) is 7.69. The van der Waals surface area contributed by atoms with Gasteiger partial charge in [0, 0.05) is 31.0 Å². The monoisotopic (exact) mass is 469 g/mol. The topological polar surface area (TPSA) is 126 Å². The van der Waals surface area contributed by atoms with E-state index in [2.05, 4.69) is 30.4 Å². The SMILES string of the molecule is Cc1cc(Nc2ncnc3cnc(N(C)[C@H]4C[C@H](O)C4)nc23)ccc1Oc1ccn2ncnc2c1. The van der Waals surface area contributed by atoms with Crippen molar-refractivity contribution in [2.24, 2.45) is 0 Å². The van der Waals surface area contributed by atoms with Crippen molar-refractivity contribution in [3.63, 3.8) is 0 Å². The van der Waals surface area contributed by atoms with Crippen LogP contribution in [0.2, 0.25) is 0 Å². The van der Waals surface area contributed by atoms with Crippen LogP contribution in [0, 0.1) is 6.92 Å². The van der Waals surface area contributed by atoms with Crippen molar-refractivity contribution in [3.8, 4) is 11.5 Å². The lowest BCUT2D eigenvalue weighted by Crippen LogP contribution is -2.46. The highest BCUT2D eigenvalue weighted by molar-refractivity contribution is 5.87. The first-order valence-electron chi connectivity index (χ1n) is 11.3. The number of hydrogen-bond donors (Lipinski definition) is 2. The van der Waals surface area contributed by atoms with E-state index in [9.17, 15) is 5.11 Å². The Morgan fingerprint density at radius 3 is 2.80 bits per heavy atom. The molecule has 0 radical (unpaired) electrons. The molecule has 6 rings (SSSR count). The summed E-state index contributed by atoms with van der Waals surface area (Å²) in [6.45, 7) is 1.98. The van der Waals surface area contributed by atoms with Crippen molar-refractivity contribution in [1.29, 1.82) is 0 Å². The molecule has 0 bridgehead atoms. The molecule has 0 amide bonds. The van der Waals surface area contributed by atoms with E-state index >= 15 is 0 Å². The molecule has 0 saturated heterocycles. The molecule has 1 aliphatic rings. The first-order chi connectivity index (χ1) is 17.0. The highest BCUT2D eigenvalue weighted by Crippen LogP contribution is 2.31. The Morgan fingerprint density at radius 1 is 1.09 bits per heavy atom. The molecule has 4 aromatic heterocycles. The van der Waals surface area contributed by atoms with Gasteiger partial charge in [0.15, 0.2) is 11.5 Å². The summed E-state index contributed by atoms with van der Waals surface area (Å²) in [5.41, 5.74) is 3.79. The fourth-order valence-corrected chi connectivity index (χ4v) is 4.11. The predicted octanol–water partition coefficient (Wildman–Crippen LogP) is 3.27. The number of benzene rings is 1. The van der Waals surface area contributed by atoms with Gasteiger partial charge in [-0.3, -0.25) is 0 Å². The Labute approximate surface area is 200 Å². The third-order valence-corrected chi connectivity index (χ3v) is 6.23. The number of aliphatic hydroxyl groups is 1. The van der Waals surface area contributed by atoms with Crippen LogP contribution in [0.15, 0.2) is 55.4 Å². The molecule has 11 nitrogen and oxygen atoms in total. The summed E-state index contributed by atoms with van der Waals surface area (Å²) in [4.78, 5) is 24.1. The highest BCUT2D eigenvalue weighted by Gasteiger charge is 2.31. The molecular formula is C24H23N9O2. The van der Waals surface area contributed by atoms with E-state index in [-0.39, 0.29) is 12.1 Å². The number of nitrogens with one attached hydrogen (secondary N) is 1. The maximum Gasteiger partial charge on any atom is 0.226 e. The number of hydrogen-bond acceptors (Lipinski definition) is 10. The molecule has 176 valence electrons. The molecule has 11 heteroatoms. The zero-order chi connectivity index (χ0) is 23.9. The van der Waals surface area contributed by atoms with Gasteiger partial charge in [-0.1, -0.05) is 0 Å². The van der Waals surface area contributed by atoms with Crippen LogP contribution in [0.5, 0.6) is 11.5 Å². The summed E-state index contributed by atoms with van der Waals surface area (Å²) in [5.74, 6) is 2.59. The zero-order valence-corrected chi connectivity index (χ0v) is 19.2. The molecule has 5 aromatic rings. The fraction of sp³-hybridized carbons (Fsp3) is 0.250. The van der Waals surface area contributed by atoms with Gasteiger partial charge in [0.2, 0.25) is 5.95 Å². The third-order valence-electron chi connectivity index (χ3n) is 6.23. The lowest BCUT2D eigenvalue weighted by molar-refractivity contribution is 0.0746. The second-order valence-corrected chi connectivity index (χ2v) is 8.65. The standard InChI is InChI=1S/C24H23N9O2/c1-14-7-15(3-4-20(14)35-18-5-6-33-21(10-18)27-13-29-33)30-23-22-19(26-12-28-23)11-25-24(31-22)32(2)16-8-17(34)9-16/h3-7,10-13,16-17,34H,8-9H2,1-2H3,(H,26,28,30)/t16-,17-. The van der Waals surface area contributed by atoms with Crippen molar-refractivity contribution in [2.45, 2.75) is 31.9 Å². The van der Waals surface area contributed by atoms with Crippen LogP contribution in [-0.2, 0) is 0 Å². The molecule has 1 aliphatic carbocycles. The van der Waals surface area contributed by atoms with Gasteiger partial charge in [0.05, 0.1) is 12.3 Å².